The number of ether oxygens (including phenoxy) is 1. The van der Waals surface area contributed by atoms with Crippen molar-refractivity contribution in [2.24, 2.45) is 0 Å². The molecule has 0 unspecified atom stereocenters. The van der Waals surface area contributed by atoms with E-state index in [-0.39, 0.29) is 12.5 Å². The molecule has 0 spiro atoms. The summed E-state index contributed by atoms with van der Waals surface area (Å²) >= 11 is 0. The summed E-state index contributed by atoms with van der Waals surface area (Å²) in [4.78, 5) is 11.7. The van der Waals surface area contributed by atoms with E-state index >= 15 is 0 Å². The predicted octanol–water partition coefficient (Wildman–Crippen LogP) is 3.23. The highest BCUT2D eigenvalue weighted by molar-refractivity contribution is 5.92. The Bertz CT molecular complexity index is 649. The molecule has 102 valence electrons. The van der Waals surface area contributed by atoms with Crippen LogP contribution in [0.2, 0.25) is 0 Å². The first-order valence-electron chi connectivity index (χ1n) is 6.86. The summed E-state index contributed by atoms with van der Waals surface area (Å²) in [6.07, 6.45) is 0.931. The van der Waals surface area contributed by atoms with Crippen molar-refractivity contribution >= 4 is 11.6 Å². The smallest absolute Gasteiger partial charge is 0.250 e. The van der Waals surface area contributed by atoms with Crippen LogP contribution in [-0.2, 0) is 16.0 Å². The summed E-state index contributed by atoms with van der Waals surface area (Å²) in [5.41, 5.74) is 6.01. The zero-order chi connectivity index (χ0) is 13.9. The van der Waals surface area contributed by atoms with Crippen LogP contribution in [0.25, 0.3) is 11.1 Å². The van der Waals surface area contributed by atoms with Crippen LogP contribution in [0, 0.1) is 0 Å². The van der Waals surface area contributed by atoms with Crippen LogP contribution in [0.15, 0.2) is 42.5 Å². The Hall–Kier alpha value is -2.13. The minimum absolute atomic E-state index is 0.105. The van der Waals surface area contributed by atoms with Crippen molar-refractivity contribution in [3.63, 3.8) is 0 Å². The average molecular weight is 267 g/mol. The SMILES string of the molecule is CCOCC(=O)Nc1ccc2c(c1)Cc1ccccc1-2. The van der Waals surface area contributed by atoms with Gasteiger partial charge in [0, 0.05) is 12.3 Å². The second kappa shape index (κ2) is 5.47. The molecule has 3 rings (SSSR count). The molecule has 1 amide bonds. The molecule has 1 aliphatic rings. The fourth-order valence-electron chi connectivity index (χ4n) is 2.61. The Morgan fingerprint density at radius 2 is 1.95 bits per heavy atom. The van der Waals surface area contributed by atoms with Gasteiger partial charge in [0.05, 0.1) is 0 Å². The van der Waals surface area contributed by atoms with Gasteiger partial charge in [0.25, 0.3) is 0 Å². The maximum absolute atomic E-state index is 11.7. The standard InChI is InChI=1S/C17H17NO2/c1-2-20-11-17(19)18-14-7-8-16-13(10-14)9-12-5-3-4-6-15(12)16/h3-8,10H,2,9,11H2,1H3,(H,18,19). The molecule has 0 atom stereocenters. The molecule has 0 radical (unpaired) electrons. The van der Waals surface area contributed by atoms with Gasteiger partial charge in [0.2, 0.25) is 5.91 Å². The van der Waals surface area contributed by atoms with Gasteiger partial charge in [-0.1, -0.05) is 30.3 Å². The van der Waals surface area contributed by atoms with Crippen molar-refractivity contribution in [2.45, 2.75) is 13.3 Å². The molecule has 20 heavy (non-hydrogen) atoms. The number of amides is 1. The highest BCUT2D eigenvalue weighted by Gasteiger charge is 2.18. The minimum Gasteiger partial charge on any atom is -0.372 e. The number of anilines is 1. The summed E-state index contributed by atoms with van der Waals surface area (Å²) in [5.74, 6) is -0.109. The Labute approximate surface area is 118 Å². The summed E-state index contributed by atoms with van der Waals surface area (Å²) in [7, 11) is 0. The van der Waals surface area contributed by atoms with Gasteiger partial charge in [0.15, 0.2) is 0 Å². The van der Waals surface area contributed by atoms with E-state index in [2.05, 4.69) is 41.7 Å². The van der Waals surface area contributed by atoms with Gasteiger partial charge in [-0.05, 0) is 47.7 Å². The number of benzene rings is 2. The Kier molecular flexibility index (Phi) is 3.52. The van der Waals surface area contributed by atoms with E-state index in [9.17, 15) is 4.79 Å². The third-order valence-electron chi connectivity index (χ3n) is 3.51. The molecule has 0 bridgehead atoms. The average Bonchev–Trinajstić information content (AvgIpc) is 2.82. The van der Waals surface area contributed by atoms with Crippen LogP contribution in [0.5, 0.6) is 0 Å². The van der Waals surface area contributed by atoms with E-state index < -0.39 is 0 Å². The van der Waals surface area contributed by atoms with Crippen LogP contribution in [0.3, 0.4) is 0 Å². The Morgan fingerprint density at radius 1 is 1.15 bits per heavy atom. The first-order valence-corrected chi connectivity index (χ1v) is 6.86. The third kappa shape index (κ3) is 2.45. The minimum atomic E-state index is -0.109. The lowest BCUT2D eigenvalue weighted by atomic mass is 10.1. The van der Waals surface area contributed by atoms with Gasteiger partial charge in [-0.15, -0.1) is 0 Å². The first kappa shape index (κ1) is 12.9. The predicted molar refractivity (Wildman–Crippen MR) is 79.8 cm³/mol. The molecule has 0 aromatic heterocycles. The largest absolute Gasteiger partial charge is 0.372 e. The van der Waals surface area contributed by atoms with Gasteiger partial charge in [-0.25, -0.2) is 0 Å². The summed E-state index contributed by atoms with van der Waals surface area (Å²) in [6, 6.07) is 14.5. The molecule has 0 heterocycles. The number of carbonyl (C=O) groups excluding carboxylic acids is 1. The van der Waals surface area contributed by atoms with Crippen LogP contribution < -0.4 is 5.32 Å². The van der Waals surface area contributed by atoms with E-state index in [0.29, 0.717) is 6.61 Å². The lowest BCUT2D eigenvalue weighted by Crippen LogP contribution is -2.18. The fraction of sp³-hybridized carbons (Fsp3) is 0.235. The lowest BCUT2D eigenvalue weighted by molar-refractivity contribution is -0.120. The molecule has 1 aliphatic carbocycles. The van der Waals surface area contributed by atoms with Crippen LogP contribution in [-0.4, -0.2) is 19.1 Å². The number of carbonyl (C=O) groups is 1. The number of hydrogen-bond donors (Lipinski definition) is 1. The molecule has 0 saturated heterocycles. The number of hydrogen-bond acceptors (Lipinski definition) is 2. The Balaban J connectivity index is 1.79. The second-order valence-electron chi connectivity index (χ2n) is 4.89. The molecule has 0 aliphatic heterocycles. The van der Waals surface area contributed by atoms with Gasteiger partial charge >= 0.3 is 0 Å². The van der Waals surface area contributed by atoms with Crippen LogP contribution in [0.1, 0.15) is 18.1 Å². The molecule has 3 heteroatoms. The van der Waals surface area contributed by atoms with E-state index in [1.54, 1.807) is 0 Å². The van der Waals surface area contributed by atoms with Gasteiger partial charge in [-0.2, -0.15) is 0 Å². The Morgan fingerprint density at radius 3 is 2.80 bits per heavy atom. The van der Waals surface area contributed by atoms with Crippen molar-refractivity contribution in [1.29, 1.82) is 0 Å². The molecule has 2 aromatic rings. The number of rotatable bonds is 4. The van der Waals surface area contributed by atoms with Gasteiger partial charge in [-0.3, -0.25) is 4.79 Å². The maximum Gasteiger partial charge on any atom is 0.250 e. The van der Waals surface area contributed by atoms with Crippen molar-refractivity contribution in [1.82, 2.24) is 0 Å². The van der Waals surface area contributed by atoms with E-state index in [0.717, 1.165) is 12.1 Å². The lowest BCUT2D eigenvalue weighted by Gasteiger charge is -2.07. The van der Waals surface area contributed by atoms with Crippen molar-refractivity contribution in [3.8, 4) is 11.1 Å². The second-order valence-corrected chi connectivity index (χ2v) is 4.89. The fourth-order valence-corrected chi connectivity index (χ4v) is 2.61. The van der Waals surface area contributed by atoms with Crippen LogP contribution in [0.4, 0.5) is 5.69 Å². The van der Waals surface area contributed by atoms with Gasteiger partial charge in [0.1, 0.15) is 6.61 Å². The summed E-state index contributed by atoms with van der Waals surface area (Å²) < 4.78 is 5.10. The van der Waals surface area contributed by atoms with Crippen molar-refractivity contribution < 1.29 is 9.53 Å². The molecular weight excluding hydrogens is 250 g/mol. The quantitative estimate of drug-likeness (QED) is 0.788. The monoisotopic (exact) mass is 267 g/mol. The number of fused-ring (bicyclic) bond motifs is 3. The summed E-state index contributed by atoms with van der Waals surface area (Å²) in [5, 5.41) is 2.87. The highest BCUT2D eigenvalue weighted by atomic mass is 16.5. The maximum atomic E-state index is 11.7. The number of nitrogens with one attached hydrogen (secondary N) is 1. The molecule has 0 saturated carbocycles. The first-order chi connectivity index (χ1) is 9.78. The normalized spacial score (nSPS) is 11.8. The molecule has 1 N–H and O–H groups in total. The molecule has 0 fully saturated rings. The highest BCUT2D eigenvalue weighted by Crippen LogP contribution is 2.37. The zero-order valence-electron chi connectivity index (χ0n) is 11.5. The topological polar surface area (TPSA) is 38.3 Å². The van der Waals surface area contributed by atoms with Crippen molar-refractivity contribution in [3.05, 3.63) is 53.6 Å². The zero-order valence-corrected chi connectivity index (χ0v) is 11.5. The molecule has 2 aromatic carbocycles. The van der Waals surface area contributed by atoms with Crippen molar-refractivity contribution in [2.75, 3.05) is 18.5 Å². The third-order valence-corrected chi connectivity index (χ3v) is 3.51. The van der Waals surface area contributed by atoms with E-state index in [1.807, 2.05) is 13.0 Å². The van der Waals surface area contributed by atoms with E-state index in [1.165, 1.54) is 22.3 Å². The molecule has 3 nitrogen and oxygen atoms in total. The van der Waals surface area contributed by atoms with Gasteiger partial charge < -0.3 is 10.1 Å². The van der Waals surface area contributed by atoms with E-state index in [4.69, 9.17) is 4.74 Å². The summed E-state index contributed by atoms with van der Waals surface area (Å²) in [6.45, 7) is 2.53. The molecular formula is C17H17NO2. The van der Waals surface area contributed by atoms with Crippen LogP contribution >= 0.6 is 0 Å².